The Hall–Kier alpha value is -1.30. The summed E-state index contributed by atoms with van der Waals surface area (Å²) >= 11 is 5.32. The molecule has 0 spiro atoms. The van der Waals surface area contributed by atoms with Crippen LogP contribution in [0.3, 0.4) is 0 Å². The molecule has 0 aliphatic heterocycles. The number of nitrogen functional groups attached to an aromatic ring is 1. The number of halogens is 4. The average Bonchev–Trinajstić information content (AvgIpc) is 2.01. The SMILES string of the molecule is Nc1ccnc(Cl)c1C(=O)C(F)(F)F. The lowest BCUT2D eigenvalue weighted by Gasteiger charge is -2.08. The largest absolute Gasteiger partial charge is 0.455 e. The van der Waals surface area contributed by atoms with E-state index in [1.54, 1.807) is 0 Å². The molecule has 0 saturated heterocycles. The molecule has 1 rings (SSSR count). The Morgan fingerprint density at radius 2 is 2.07 bits per heavy atom. The smallest absolute Gasteiger partial charge is 0.398 e. The van der Waals surface area contributed by atoms with E-state index in [1.165, 1.54) is 0 Å². The number of carbonyl (C=O) groups excluding carboxylic acids is 1. The number of alkyl halides is 3. The van der Waals surface area contributed by atoms with Crippen molar-refractivity contribution in [1.29, 1.82) is 0 Å². The zero-order valence-electron chi connectivity index (χ0n) is 6.60. The highest BCUT2D eigenvalue weighted by molar-refractivity contribution is 6.33. The molecular weight excluding hydrogens is 221 g/mol. The minimum atomic E-state index is -5.00. The van der Waals surface area contributed by atoms with E-state index in [-0.39, 0.29) is 5.69 Å². The van der Waals surface area contributed by atoms with Gasteiger partial charge in [-0.15, -0.1) is 0 Å². The quantitative estimate of drug-likeness (QED) is 0.587. The van der Waals surface area contributed by atoms with Crippen LogP contribution in [0.4, 0.5) is 18.9 Å². The van der Waals surface area contributed by atoms with Gasteiger partial charge in [-0.2, -0.15) is 13.2 Å². The van der Waals surface area contributed by atoms with Crippen molar-refractivity contribution in [1.82, 2.24) is 4.98 Å². The van der Waals surface area contributed by atoms with Crippen LogP contribution in [0.5, 0.6) is 0 Å². The van der Waals surface area contributed by atoms with Crippen molar-refractivity contribution in [3.05, 3.63) is 23.0 Å². The van der Waals surface area contributed by atoms with Gasteiger partial charge in [-0.1, -0.05) is 11.6 Å². The summed E-state index contributed by atoms with van der Waals surface area (Å²) in [6, 6.07) is 1.07. The lowest BCUT2D eigenvalue weighted by Crippen LogP contribution is -2.24. The maximum atomic E-state index is 12.0. The molecule has 0 saturated carbocycles. The second-order valence-corrected chi connectivity index (χ2v) is 2.75. The van der Waals surface area contributed by atoms with Crippen molar-refractivity contribution in [3.8, 4) is 0 Å². The van der Waals surface area contributed by atoms with Gasteiger partial charge in [-0.3, -0.25) is 4.79 Å². The van der Waals surface area contributed by atoms with Crippen LogP contribution in [-0.4, -0.2) is 16.9 Å². The molecule has 0 aliphatic rings. The first-order valence-electron chi connectivity index (χ1n) is 3.35. The molecule has 0 radical (unpaired) electrons. The topological polar surface area (TPSA) is 56.0 Å². The normalized spacial score (nSPS) is 11.4. The van der Waals surface area contributed by atoms with Crippen LogP contribution in [0.15, 0.2) is 12.3 Å². The predicted molar refractivity (Wildman–Crippen MR) is 44.0 cm³/mol. The van der Waals surface area contributed by atoms with Crippen molar-refractivity contribution in [3.63, 3.8) is 0 Å². The molecule has 2 N–H and O–H groups in total. The first-order valence-corrected chi connectivity index (χ1v) is 3.73. The Bertz CT molecular complexity index is 357. The molecule has 0 atom stereocenters. The fraction of sp³-hybridized carbons (Fsp3) is 0.143. The summed E-state index contributed by atoms with van der Waals surface area (Å²) in [5, 5.41) is -0.549. The monoisotopic (exact) mass is 224 g/mol. The molecular formula is C7H4ClF3N2O. The number of nitrogens with two attached hydrogens (primary N) is 1. The molecule has 0 fully saturated rings. The number of ketones is 1. The van der Waals surface area contributed by atoms with Gasteiger partial charge in [-0.25, -0.2) is 4.98 Å². The van der Waals surface area contributed by atoms with Gasteiger partial charge in [-0.05, 0) is 6.07 Å². The van der Waals surface area contributed by atoms with E-state index in [0.29, 0.717) is 0 Å². The number of anilines is 1. The fourth-order valence-corrected chi connectivity index (χ4v) is 1.07. The Kier molecular flexibility index (Phi) is 2.66. The van der Waals surface area contributed by atoms with Crippen molar-refractivity contribution >= 4 is 23.1 Å². The summed E-state index contributed by atoms with van der Waals surface area (Å²) in [5.41, 5.74) is 4.03. The third-order valence-corrected chi connectivity index (χ3v) is 1.71. The van der Waals surface area contributed by atoms with E-state index in [1.807, 2.05) is 0 Å². The number of hydrogen-bond acceptors (Lipinski definition) is 3. The molecule has 76 valence electrons. The standard InChI is InChI=1S/C7H4ClF3N2O/c8-6-4(3(12)1-2-13-6)5(14)7(9,10)11/h1-2H,(H2,12,13). The Labute approximate surface area is 81.7 Å². The number of rotatable bonds is 1. The molecule has 0 amide bonds. The highest BCUT2D eigenvalue weighted by atomic mass is 35.5. The molecule has 0 unspecified atom stereocenters. The van der Waals surface area contributed by atoms with E-state index < -0.39 is 22.7 Å². The van der Waals surface area contributed by atoms with Crippen LogP contribution in [0.25, 0.3) is 0 Å². The Morgan fingerprint density at radius 3 is 2.50 bits per heavy atom. The van der Waals surface area contributed by atoms with E-state index in [4.69, 9.17) is 17.3 Å². The number of Topliss-reactive ketones (excluding diaryl/α,β-unsaturated/α-hetero) is 1. The number of hydrogen-bond donors (Lipinski definition) is 1. The van der Waals surface area contributed by atoms with E-state index in [2.05, 4.69) is 4.98 Å². The third kappa shape index (κ3) is 1.95. The summed E-state index contributed by atoms with van der Waals surface area (Å²) in [7, 11) is 0. The van der Waals surface area contributed by atoms with Gasteiger partial charge in [0.25, 0.3) is 5.78 Å². The van der Waals surface area contributed by atoms with Crippen LogP contribution in [0.2, 0.25) is 5.15 Å². The first-order chi connectivity index (χ1) is 6.34. The van der Waals surface area contributed by atoms with Gasteiger partial charge in [0, 0.05) is 11.9 Å². The molecule has 0 aromatic carbocycles. The van der Waals surface area contributed by atoms with Crippen LogP contribution in [0.1, 0.15) is 10.4 Å². The lowest BCUT2D eigenvalue weighted by atomic mass is 10.1. The molecule has 3 nitrogen and oxygen atoms in total. The maximum Gasteiger partial charge on any atom is 0.455 e. The van der Waals surface area contributed by atoms with Crippen molar-refractivity contribution in [2.45, 2.75) is 6.18 Å². The minimum absolute atomic E-state index is 0.340. The van der Waals surface area contributed by atoms with E-state index in [0.717, 1.165) is 12.3 Å². The third-order valence-electron chi connectivity index (χ3n) is 1.42. The molecule has 0 bridgehead atoms. The van der Waals surface area contributed by atoms with Gasteiger partial charge < -0.3 is 5.73 Å². The van der Waals surface area contributed by atoms with Crippen molar-refractivity contribution in [2.24, 2.45) is 0 Å². The number of pyridine rings is 1. The summed E-state index contributed by atoms with van der Waals surface area (Å²) in [6.07, 6.45) is -3.88. The maximum absolute atomic E-state index is 12.0. The number of nitrogens with zero attached hydrogens (tertiary/aromatic N) is 1. The second kappa shape index (κ2) is 3.45. The predicted octanol–water partition coefficient (Wildman–Crippen LogP) is 2.06. The van der Waals surface area contributed by atoms with Crippen molar-refractivity contribution < 1.29 is 18.0 Å². The van der Waals surface area contributed by atoms with Gasteiger partial charge in [0.2, 0.25) is 0 Å². The summed E-state index contributed by atoms with van der Waals surface area (Å²) in [4.78, 5) is 14.1. The van der Waals surface area contributed by atoms with Gasteiger partial charge in [0.1, 0.15) is 5.15 Å². The van der Waals surface area contributed by atoms with E-state index in [9.17, 15) is 18.0 Å². The zero-order valence-corrected chi connectivity index (χ0v) is 7.36. The van der Waals surface area contributed by atoms with Crippen LogP contribution in [-0.2, 0) is 0 Å². The van der Waals surface area contributed by atoms with Gasteiger partial charge in [0.15, 0.2) is 0 Å². The number of carbonyl (C=O) groups is 1. The summed E-state index contributed by atoms with van der Waals surface area (Å²) in [6.45, 7) is 0. The lowest BCUT2D eigenvalue weighted by molar-refractivity contribution is -0.0884. The summed E-state index contributed by atoms with van der Waals surface area (Å²) in [5.74, 6) is -2.09. The zero-order chi connectivity index (χ0) is 10.9. The molecule has 1 heterocycles. The molecule has 1 aromatic rings. The van der Waals surface area contributed by atoms with Crippen LogP contribution >= 0.6 is 11.6 Å². The molecule has 1 aromatic heterocycles. The van der Waals surface area contributed by atoms with Crippen LogP contribution < -0.4 is 5.73 Å². The van der Waals surface area contributed by atoms with Gasteiger partial charge in [0.05, 0.1) is 5.56 Å². The highest BCUT2D eigenvalue weighted by Crippen LogP contribution is 2.28. The second-order valence-electron chi connectivity index (χ2n) is 2.39. The minimum Gasteiger partial charge on any atom is -0.398 e. The highest BCUT2D eigenvalue weighted by Gasteiger charge is 2.41. The molecule has 7 heteroatoms. The fourth-order valence-electron chi connectivity index (χ4n) is 0.817. The van der Waals surface area contributed by atoms with Gasteiger partial charge >= 0.3 is 6.18 Å². The van der Waals surface area contributed by atoms with Crippen LogP contribution in [0, 0.1) is 0 Å². The van der Waals surface area contributed by atoms with Crippen molar-refractivity contribution in [2.75, 3.05) is 5.73 Å². The molecule has 14 heavy (non-hydrogen) atoms. The molecule has 0 aliphatic carbocycles. The number of aromatic nitrogens is 1. The Balaban J connectivity index is 3.26. The average molecular weight is 225 g/mol. The Morgan fingerprint density at radius 1 is 1.50 bits per heavy atom. The van der Waals surface area contributed by atoms with E-state index >= 15 is 0 Å². The first kappa shape index (κ1) is 10.8. The summed E-state index contributed by atoms with van der Waals surface area (Å²) < 4.78 is 36.0.